The zero-order valence-electron chi connectivity index (χ0n) is 9.67. The van der Waals surface area contributed by atoms with Crippen LogP contribution >= 0.6 is 0 Å². The maximum atomic E-state index is 5.96. The predicted octanol–water partition coefficient (Wildman–Crippen LogP) is 2.83. The van der Waals surface area contributed by atoms with Gasteiger partial charge in [0.05, 0.1) is 11.4 Å². The van der Waals surface area contributed by atoms with Crippen molar-refractivity contribution in [3.63, 3.8) is 0 Å². The van der Waals surface area contributed by atoms with Gasteiger partial charge in [-0.2, -0.15) is 0 Å². The van der Waals surface area contributed by atoms with Crippen LogP contribution in [0.15, 0.2) is 30.6 Å². The Morgan fingerprint density at radius 3 is 2.69 bits per heavy atom. The third-order valence-electron chi connectivity index (χ3n) is 2.81. The third-order valence-corrected chi connectivity index (χ3v) is 2.81. The number of rotatable bonds is 3. The number of nitrogens with two attached hydrogens (primary N) is 1. The van der Waals surface area contributed by atoms with Gasteiger partial charge in [0.15, 0.2) is 0 Å². The van der Waals surface area contributed by atoms with Crippen molar-refractivity contribution < 1.29 is 0 Å². The van der Waals surface area contributed by atoms with Crippen molar-refractivity contribution >= 4 is 11.4 Å². The van der Waals surface area contributed by atoms with Gasteiger partial charge in [0.25, 0.3) is 0 Å². The number of H-pyrrole nitrogens is 1. The highest BCUT2D eigenvalue weighted by Crippen LogP contribution is 2.23. The van der Waals surface area contributed by atoms with E-state index in [1.54, 1.807) is 0 Å². The van der Waals surface area contributed by atoms with E-state index in [1.807, 2.05) is 24.5 Å². The van der Waals surface area contributed by atoms with Gasteiger partial charge in [-0.25, -0.2) is 0 Å². The summed E-state index contributed by atoms with van der Waals surface area (Å²) in [5, 5.41) is 3.34. The van der Waals surface area contributed by atoms with E-state index in [-0.39, 0.29) is 0 Å². The fourth-order valence-electron chi connectivity index (χ4n) is 1.66. The van der Waals surface area contributed by atoms with Crippen LogP contribution < -0.4 is 11.1 Å². The van der Waals surface area contributed by atoms with Crippen LogP contribution in [-0.2, 0) is 6.54 Å². The molecule has 0 spiro atoms. The monoisotopic (exact) mass is 215 g/mol. The van der Waals surface area contributed by atoms with Gasteiger partial charge in [-0.15, -0.1) is 0 Å². The van der Waals surface area contributed by atoms with Crippen molar-refractivity contribution in [3.8, 4) is 0 Å². The Balaban J connectivity index is 2.12. The Morgan fingerprint density at radius 2 is 2.00 bits per heavy atom. The number of aryl methyl sites for hydroxylation is 2. The van der Waals surface area contributed by atoms with Gasteiger partial charge in [0.1, 0.15) is 0 Å². The summed E-state index contributed by atoms with van der Waals surface area (Å²) < 4.78 is 0. The second kappa shape index (κ2) is 4.31. The maximum Gasteiger partial charge on any atom is 0.0579 e. The van der Waals surface area contributed by atoms with Crippen LogP contribution in [0.1, 0.15) is 16.7 Å². The second-order valence-corrected chi connectivity index (χ2v) is 4.10. The van der Waals surface area contributed by atoms with Crippen LogP contribution in [0.3, 0.4) is 0 Å². The molecule has 0 saturated heterocycles. The van der Waals surface area contributed by atoms with E-state index in [0.29, 0.717) is 0 Å². The minimum absolute atomic E-state index is 0.788. The molecule has 4 N–H and O–H groups in total. The number of hydrogen-bond acceptors (Lipinski definition) is 2. The van der Waals surface area contributed by atoms with E-state index in [2.05, 4.69) is 30.2 Å². The van der Waals surface area contributed by atoms with Crippen LogP contribution in [0.25, 0.3) is 0 Å². The average molecular weight is 215 g/mol. The zero-order chi connectivity index (χ0) is 11.5. The van der Waals surface area contributed by atoms with E-state index in [1.165, 1.54) is 16.7 Å². The lowest BCUT2D eigenvalue weighted by molar-refractivity contribution is 1.15. The fraction of sp³-hybridized carbons (Fsp3) is 0.231. The minimum atomic E-state index is 0.788. The molecule has 0 unspecified atom stereocenters. The van der Waals surface area contributed by atoms with E-state index < -0.39 is 0 Å². The van der Waals surface area contributed by atoms with Crippen molar-refractivity contribution in [2.45, 2.75) is 20.4 Å². The lowest BCUT2D eigenvalue weighted by Crippen LogP contribution is -2.02. The topological polar surface area (TPSA) is 53.8 Å². The van der Waals surface area contributed by atoms with Crippen molar-refractivity contribution in [1.29, 1.82) is 0 Å². The number of benzene rings is 1. The van der Waals surface area contributed by atoms with Gasteiger partial charge in [-0.3, -0.25) is 0 Å². The summed E-state index contributed by atoms with van der Waals surface area (Å²) in [4.78, 5) is 3.03. The molecule has 1 heterocycles. The molecule has 0 fully saturated rings. The van der Waals surface area contributed by atoms with Crippen molar-refractivity contribution in [2.24, 2.45) is 0 Å². The fourth-order valence-corrected chi connectivity index (χ4v) is 1.66. The first-order valence-electron chi connectivity index (χ1n) is 5.39. The van der Waals surface area contributed by atoms with Crippen LogP contribution in [0.5, 0.6) is 0 Å². The number of aromatic amines is 1. The third kappa shape index (κ3) is 2.19. The number of aromatic nitrogens is 1. The summed E-state index contributed by atoms with van der Waals surface area (Å²) in [6, 6.07) is 6.15. The molecule has 0 aliphatic heterocycles. The van der Waals surface area contributed by atoms with Gasteiger partial charge in [0, 0.05) is 18.9 Å². The maximum absolute atomic E-state index is 5.96. The summed E-state index contributed by atoms with van der Waals surface area (Å²) in [7, 11) is 0. The Labute approximate surface area is 95.7 Å². The molecule has 0 radical (unpaired) electrons. The standard InChI is InChI=1S/C13H17N3/c1-9-5-12(14)13(6-10(9)2)16-8-11-3-4-15-7-11/h3-7,15-16H,8,14H2,1-2H3. The first-order chi connectivity index (χ1) is 7.66. The first kappa shape index (κ1) is 10.6. The summed E-state index contributed by atoms with van der Waals surface area (Å²) in [5.41, 5.74) is 11.5. The van der Waals surface area contributed by atoms with Crippen molar-refractivity contribution in [2.75, 3.05) is 11.1 Å². The zero-order valence-corrected chi connectivity index (χ0v) is 9.67. The molecular formula is C13H17N3. The van der Waals surface area contributed by atoms with Gasteiger partial charge in [-0.1, -0.05) is 0 Å². The Morgan fingerprint density at radius 1 is 1.25 bits per heavy atom. The van der Waals surface area contributed by atoms with Crippen molar-refractivity contribution in [3.05, 3.63) is 47.3 Å². The Hall–Kier alpha value is -1.90. The summed E-state index contributed by atoms with van der Waals surface area (Å²) in [6.45, 7) is 4.95. The smallest absolute Gasteiger partial charge is 0.0579 e. The Kier molecular flexibility index (Phi) is 2.86. The first-order valence-corrected chi connectivity index (χ1v) is 5.39. The molecule has 0 saturated carbocycles. The molecule has 3 nitrogen and oxygen atoms in total. The summed E-state index contributed by atoms with van der Waals surface area (Å²) in [6.07, 6.45) is 3.89. The molecule has 1 aromatic carbocycles. The van der Waals surface area contributed by atoms with Gasteiger partial charge < -0.3 is 16.0 Å². The lowest BCUT2D eigenvalue weighted by atomic mass is 10.1. The Bertz CT molecular complexity index is 472. The summed E-state index contributed by atoms with van der Waals surface area (Å²) >= 11 is 0. The lowest BCUT2D eigenvalue weighted by Gasteiger charge is -2.11. The molecule has 0 atom stereocenters. The molecular weight excluding hydrogens is 198 g/mol. The van der Waals surface area contributed by atoms with Crippen LogP contribution in [0.4, 0.5) is 11.4 Å². The van der Waals surface area contributed by atoms with Crippen molar-refractivity contribution in [1.82, 2.24) is 4.98 Å². The van der Waals surface area contributed by atoms with Gasteiger partial charge in [-0.05, 0) is 48.7 Å². The van der Waals surface area contributed by atoms with E-state index in [0.717, 1.165) is 17.9 Å². The van der Waals surface area contributed by atoms with Gasteiger partial charge in [0.2, 0.25) is 0 Å². The average Bonchev–Trinajstić information content (AvgIpc) is 2.74. The van der Waals surface area contributed by atoms with E-state index in [4.69, 9.17) is 5.73 Å². The molecule has 0 aliphatic rings. The predicted molar refractivity (Wildman–Crippen MR) is 68.4 cm³/mol. The molecule has 0 amide bonds. The molecule has 2 aromatic rings. The number of anilines is 2. The largest absolute Gasteiger partial charge is 0.397 e. The highest BCUT2D eigenvalue weighted by molar-refractivity contribution is 5.68. The van der Waals surface area contributed by atoms with Crippen LogP contribution in [-0.4, -0.2) is 4.98 Å². The highest BCUT2D eigenvalue weighted by atomic mass is 14.9. The molecule has 2 rings (SSSR count). The van der Waals surface area contributed by atoms with Crippen LogP contribution in [0, 0.1) is 13.8 Å². The molecule has 1 aromatic heterocycles. The minimum Gasteiger partial charge on any atom is -0.397 e. The number of nitrogens with one attached hydrogen (secondary N) is 2. The number of nitrogen functional groups attached to an aromatic ring is 1. The quantitative estimate of drug-likeness (QED) is 0.689. The summed E-state index contributed by atoms with van der Waals surface area (Å²) in [5.74, 6) is 0. The molecule has 16 heavy (non-hydrogen) atoms. The van der Waals surface area contributed by atoms with Gasteiger partial charge >= 0.3 is 0 Å². The molecule has 0 bridgehead atoms. The highest BCUT2D eigenvalue weighted by Gasteiger charge is 2.02. The van der Waals surface area contributed by atoms with E-state index >= 15 is 0 Å². The normalized spacial score (nSPS) is 10.4. The van der Waals surface area contributed by atoms with E-state index in [9.17, 15) is 0 Å². The molecule has 0 aliphatic carbocycles. The molecule has 3 heteroatoms. The SMILES string of the molecule is Cc1cc(N)c(NCc2cc[nH]c2)cc1C. The molecule has 84 valence electrons. The second-order valence-electron chi connectivity index (χ2n) is 4.10. The van der Waals surface area contributed by atoms with Crippen LogP contribution in [0.2, 0.25) is 0 Å². The number of hydrogen-bond donors (Lipinski definition) is 3.